The highest BCUT2D eigenvalue weighted by Crippen LogP contribution is 2.46. The third kappa shape index (κ3) is 7.90. The largest absolute Gasteiger partial charge is 0.458 e. The minimum Gasteiger partial charge on any atom is -0.458 e. The van der Waals surface area contributed by atoms with E-state index in [1.54, 1.807) is 26.8 Å². The molecule has 0 spiro atoms. The first-order valence-electron chi connectivity index (χ1n) is 20.1. The van der Waals surface area contributed by atoms with Gasteiger partial charge >= 0.3 is 5.97 Å². The van der Waals surface area contributed by atoms with E-state index in [4.69, 9.17) is 14.5 Å². The molecular weight excluding hydrogens is 797 g/mol. The van der Waals surface area contributed by atoms with Crippen LogP contribution in [0.25, 0.3) is 22.3 Å². The molecule has 5 heterocycles. The first-order chi connectivity index (χ1) is 28.9. The Balaban J connectivity index is 0.972. The van der Waals surface area contributed by atoms with Gasteiger partial charge in [0.2, 0.25) is 23.6 Å². The molecule has 18 nitrogen and oxygen atoms in total. The van der Waals surface area contributed by atoms with Crippen LogP contribution in [0.15, 0.2) is 29.1 Å². The molecule has 4 aliphatic rings. The number of imide groups is 1. The van der Waals surface area contributed by atoms with Crippen molar-refractivity contribution >= 4 is 52.3 Å². The fraction of sp³-hybridized carbons (Fsp3) is 0.452. The minimum atomic E-state index is -2.03. The van der Waals surface area contributed by atoms with Crippen LogP contribution in [-0.2, 0) is 68.2 Å². The fourth-order valence-corrected chi connectivity index (χ4v) is 8.33. The van der Waals surface area contributed by atoms with E-state index in [2.05, 4.69) is 21.3 Å². The molecule has 0 fully saturated rings. The zero-order chi connectivity index (χ0) is 44.1. The summed E-state index contributed by atoms with van der Waals surface area (Å²) in [6.45, 7) is 7.16. The molecule has 1 aromatic carbocycles. The number of rotatable bonds is 14. The maximum atomic E-state index is 15.3. The molecule has 0 unspecified atom stereocenters. The van der Waals surface area contributed by atoms with Gasteiger partial charge in [-0.05, 0) is 69.7 Å². The Morgan fingerprint density at radius 1 is 1.00 bits per heavy atom. The highest BCUT2D eigenvalue weighted by molar-refractivity contribution is 6.13. The molecule has 5 N–H and O–H groups in total. The van der Waals surface area contributed by atoms with E-state index in [9.17, 15) is 43.5 Å². The normalized spacial score (nSPS) is 20.0. The Kier molecular flexibility index (Phi) is 11.6. The zero-order valence-corrected chi connectivity index (χ0v) is 34.2. The first kappa shape index (κ1) is 42.8. The highest BCUT2D eigenvalue weighted by Gasteiger charge is 2.46. The van der Waals surface area contributed by atoms with E-state index in [0.29, 0.717) is 51.8 Å². The average Bonchev–Trinajstić information content (AvgIpc) is 3.75. The van der Waals surface area contributed by atoms with Crippen molar-refractivity contribution in [2.45, 2.75) is 110 Å². The number of nitrogens with one attached hydrogen (secondary N) is 4. The van der Waals surface area contributed by atoms with E-state index < -0.39 is 76.7 Å². The van der Waals surface area contributed by atoms with E-state index in [0.717, 1.165) is 22.6 Å². The van der Waals surface area contributed by atoms with E-state index >= 15 is 4.39 Å². The minimum absolute atomic E-state index is 0.0303. The van der Waals surface area contributed by atoms with Crippen LogP contribution in [0, 0.1) is 12.7 Å². The van der Waals surface area contributed by atoms with Crippen LogP contribution in [0.5, 0.6) is 0 Å². The summed E-state index contributed by atoms with van der Waals surface area (Å²) < 4.78 is 27.7. The summed E-state index contributed by atoms with van der Waals surface area (Å²) in [5, 5.41) is 22.6. The van der Waals surface area contributed by atoms with Gasteiger partial charge in [0.25, 0.3) is 17.4 Å². The van der Waals surface area contributed by atoms with Crippen molar-refractivity contribution in [1.29, 1.82) is 0 Å². The smallest absolute Gasteiger partial charge is 0.343 e. The number of pyridine rings is 2. The van der Waals surface area contributed by atoms with Crippen LogP contribution in [0.1, 0.15) is 92.8 Å². The lowest BCUT2D eigenvalue weighted by molar-refractivity contribution is -0.172. The first-order valence-corrected chi connectivity index (χ1v) is 20.1. The second-order valence-corrected chi connectivity index (χ2v) is 15.8. The van der Waals surface area contributed by atoms with Gasteiger partial charge in [-0.1, -0.05) is 6.92 Å². The second-order valence-electron chi connectivity index (χ2n) is 15.8. The molecule has 3 aromatic rings. The lowest BCUT2D eigenvalue weighted by atomic mass is 9.81. The van der Waals surface area contributed by atoms with Crippen molar-refractivity contribution in [2.75, 3.05) is 13.3 Å². The number of cyclic esters (lactones) is 1. The molecular formula is C42H46FN7O11. The molecule has 61 heavy (non-hydrogen) atoms. The number of carbonyl (C=O) groups is 7. The maximum absolute atomic E-state index is 15.3. The number of hydrogen-bond acceptors (Lipinski definition) is 12. The van der Waals surface area contributed by atoms with Gasteiger partial charge in [0, 0.05) is 47.7 Å². The van der Waals surface area contributed by atoms with E-state index in [-0.39, 0.29) is 62.7 Å². The standard InChI is InChI=1S/C42H46FN7O11/c1-6-42(59)26-14-30-37-24(16-50(30)40(57)25(26)17-60-41(42)58)36-28(8-7-23-20(3)27(43)15-29(48-37)35(23)36)47-32(52)13-19(2)61-18-44-38(55)21(4)46-39(56)22(5)45-31(51)11-12-49-33(53)9-10-34(49)54/h9-10,14-15,19,21-22,28,59H,6-8,11-13,16-18H2,1-5H3,(H,44,55)(H,45,51)(H,46,56)(H,47,52)/t19-,21+,22+,28+,42+/m1/s1. The molecule has 6 amide bonds. The van der Waals surface area contributed by atoms with Gasteiger partial charge in [-0.2, -0.15) is 0 Å². The van der Waals surface area contributed by atoms with Crippen LogP contribution in [0.2, 0.25) is 0 Å². The number of carbonyl (C=O) groups excluding carboxylic acids is 7. The van der Waals surface area contributed by atoms with Gasteiger partial charge in [0.15, 0.2) is 5.60 Å². The molecule has 7 rings (SSSR count). The predicted molar refractivity (Wildman–Crippen MR) is 212 cm³/mol. The summed E-state index contributed by atoms with van der Waals surface area (Å²) in [5.74, 6) is -4.53. The number of halogens is 1. The summed E-state index contributed by atoms with van der Waals surface area (Å²) >= 11 is 0. The Hall–Kier alpha value is -6.34. The zero-order valence-electron chi connectivity index (χ0n) is 34.2. The maximum Gasteiger partial charge on any atom is 0.343 e. The number of ether oxygens (including phenoxy) is 2. The Morgan fingerprint density at radius 3 is 2.41 bits per heavy atom. The third-order valence-corrected chi connectivity index (χ3v) is 11.8. The molecule has 0 saturated heterocycles. The van der Waals surface area contributed by atoms with Crippen molar-refractivity contribution in [3.8, 4) is 11.4 Å². The molecule has 19 heteroatoms. The number of hydrogen-bond donors (Lipinski definition) is 5. The summed E-state index contributed by atoms with van der Waals surface area (Å²) in [5.41, 5.74) is 1.51. The number of amides is 6. The third-order valence-electron chi connectivity index (χ3n) is 11.8. The molecule has 322 valence electrons. The summed E-state index contributed by atoms with van der Waals surface area (Å²) in [7, 11) is 0. The van der Waals surface area contributed by atoms with Gasteiger partial charge in [0.1, 0.15) is 31.2 Å². The Morgan fingerprint density at radius 2 is 1.70 bits per heavy atom. The van der Waals surface area contributed by atoms with Gasteiger partial charge in [-0.3, -0.25) is 38.5 Å². The van der Waals surface area contributed by atoms with Crippen molar-refractivity contribution in [2.24, 2.45) is 0 Å². The van der Waals surface area contributed by atoms with Gasteiger partial charge in [0.05, 0.1) is 47.6 Å². The van der Waals surface area contributed by atoms with Gasteiger partial charge in [-0.25, -0.2) is 14.2 Å². The molecule has 2 aromatic heterocycles. The van der Waals surface area contributed by atoms with Crippen LogP contribution in [-0.4, -0.2) is 92.4 Å². The highest BCUT2D eigenvalue weighted by atomic mass is 19.1. The van der Waals surface area contributed by atoms with Crippen molar-refractivity contribution in [3.05, 3.63) is 73.8 Å². The van der Waals surface area contributed by atoms with Crippen LogP contribution in [0.4, 0.5) is 4.39 Å². The molecule has 1 aliphatic carbocycles. The van der Waals surface area contributed by atoms with Gasteiger partial charge < -0.3 is 40.4 Å². The number of fused-ring (bicyclic) bond motifs is 5. The topological polar surface area (TPSA) is 244 Å². The van der Waals surface area contributed by atoms with Crippen LogP contribution in [0.3, 0.4) is 0 Å². The monoisotopic (exact) mass is 843 g/mol. The van der Waals surface area contributed by atoms with Crippen LogP contribution < -0.4 is 26.8 Å². The van der Waals surface area contributed by atoms with Crippen molar-refractivity contribution in [3.63, 3.8) is 0 Å². The quantitative estimate of drug-likeness (QED) is 0.0674. The average molecular weight is 844 g/mol. The van der Waals surface area contributed by atoms with Crippen LogP contribution >= 0.6 is 0 Å². The predicted octanol–water partition coefficient (Wildman–Crippen LogP) is 0.824. The Bertz CT molecular complexity index is 2500. The van der Waals surface area contributed by atoms with E-state index in [1.807, 2.05) is 0 Å². The number of nitrogens with zero attached hydrogens (tertiary/aromatic N) is 3. The lowest BCUT2D eigenvalue weighted by Gasteiger charge is -2.31. The number of aryl methyl sites for hydroxylation is 1. The van der Waals surface area contributed by atoms with Crippen molar-refractivity contribution in [1.82, 2.24) is 35.7 Å². The lowest BCUT2D eigenvalue weighted by Crippen LogP contribution is -2.52. The van der Waals surface area contributed by atoms with E-state index in [1.165, 1.54) is 24.5 Å². The summed E-state index contributed by atoms with van der Waals surface area (Å²) in [4.78, 5) is 107. The second kappa shape index (κ2) is 16.6. The fourth-order valence-electron chi connectivity index (χ4n) is 8.33. The molecule has 5 atom stereocenters. The number of aliphatic hydroxyl groups is 1. The SMILES string of the molecule is CC[C@@]1(O)C(=O)OCc2c1cc1n(c2=O)Cc2c-1nc1cc(F)c(C)c3c1c2[C@@H](NC(=O)C[C@@H](C)OCNC(=O)[C@H](C)NC(=O)[C@H](C)NC(=O)CCN1C(=O)C=CC1=O)CC3. The molecule has 0 radical (unpaired) electrons. The number of benzene rings is 1. The Labute approximate surface area is 348 Å². The molecule has 3 aliphatic heterocycles. The summed E-state index contributed by atoms with van der Waals surface area (Å²) in [6.07, 6.45) is 2.06. The number of aromatic nitrogens is 2. The number of esters is 1. The van der Waals surface area contributed by atoms with Crippen molar-refractivity contribution < 1.29 is 52.5 Å². The van der Waals surface area contributed by atoms with Gasteiger partial charge in [-0.15, -0.1) is 0 Å². The molecule has 0 saturated carbocycles. The summed E-state index contributed by atoms with van der Waals surface area (Å²) in [6, 6.07) is 0.314. The molecule has 0 bridgehead atoms.